The van der Waals surface area contributed by atoms with E-state index in [9.17, 15) is 4.79 Å². The summed E-state index contributed by atoms with van der Waals surface area (Å²) >= 11 is 7.04. The van der Waals surface area contributed by atoms with E-state index in [4.69, 9.17) is 9.47 Å². The highest BCUT2D eigenvalue weighted by Gasteiger charge is 2.35. The van der Waals surface area contributed by atoms with Crippen molar-refractivity contribution in [2.75, 3.05) is 14.2 Å². The number of methoxy groups -OCH3 is 2. The van der Waals surface area contributed by atoms with Crippen LogP contribution in [-0.4, -0.2) is 20.0 Å². The van der Waals surface area contributed by atoms with Crippen molar-refractivity contribution in [2.24, 2.45) is 0 Å². The Morgan fingerprint density at radius 1 is 0.444 bits per heavy atom. The van der Waals surface area contributed by atoms with Crippen molar-refractivity contribution in [3.63, 3.8) is 0 Å². The topological polar surface area (TPSA) is 35.5 Å². The molecule has 0 heterocycles. The Morgan fingerprint density at radius 2 is 0.722 bits per heavy atom. The molecular formula is C31H22Br2O3. The predicted octanol–water partition coefficient (Wildman–Crippen LogP) is 8.33. The molecule has 0 radical (unpaired) electrons. The zero-order valence-corrected chi connectivity index (χ0v) is 22.9. The van der Waals surface area contributed by atoms with E-state index in [2.05, 4.69) is 31.9 Å². The number of hydrogen-bond acceptors (Lipinski definition) is 3. The summed E-state index contributed by atoms with van der Waals surface area (Å²) in [6.07, 6.45) is 0. The van der Waals surface area contributed by atoms with Gasteiger partial charge in [0.15, 0.2) is 5.78 Å². The minimum absolute atomic E-state index is 0.00344. The summed E-state index contributed by atoms with van der Waals surface area (Å²) in [6, 6.07) is 31.5. The van der Waals surface area contributed by atoms with Crippen LogP contribution < -0.4 is 9.47 Å². The van der Waals surface area contributed by atoms with E-state index in [-0.39, 0.29) is 5.78 Å². The Hall–Kier alpha value is -3.41. The Balaban J connectivity index is 1.83. The number of Topliss-reactive ketones (excluding diaryl/α,β-unsaturated/α-hetero) is 1. The summed E-state index contributed by atoms with van der Waals surface area (Å²) in [5.41, 5.74) is 6.77. The third kappa shape index (κ3) is 4.57. The summed E-state index contributed by atoms with van der Waals surface area (Å²) < 4.78 is 12.7. The molecule has 0 fully saturated rings. The maximum absolute atomic E-state index is 14.3. The minimum Gasteiger partial charge on any atom is -0.497 e. The lowest BCUT2D eigenvalue weighted by atomic mass is 9.89. The number of carbonyl (C=O) groups excluding carboxylic acids is 1. The monoisotopic (exact) mass is 600 g/mol. The van der Waals surface area contributed by atoms with Gasteiger partial charge < -0.3 is 9.47 Å². The van der Waals surface area contributed by atoms with Crippen LogP contribution in [0.15, 0.2) is 106 Å². The van der Waals surface area contributed by atoms with Crippen LogP contribution in [-0.2, 0) is 4.79 Å². The number of allylic oxidation sites excluding steroid dienone is 4. The van der Waals surface area contributed by atoms with Crippen LogP contribution in [0.2, 0.25) is 0 Å². The fourth-order valence-electron chi connectivity index (χ4n) is 4.48. The number of ketones is 1. The molecule has 0 bridgehead atoms. The lowest BCUT2D eigenvalue weighted by Crippen LogP contribution is -2.02. The molecule has 3 nitrogen and oxygen atoms in total. The zero-order valence-electron chi connectivity index (χ0n) is 19.7. The van der Waals surface area contributed by atoms with E-state index in [0.29, 0.717) is 11.1 Å². The number of carbonyl (C=O) groups is 1. The maximum atomic E-state index is 14.3. The van der Waals surface area contributed by atoms with Gasteiger partial charge in [-0.3, -0.25) is 4.79 Å². The first kappa shape index (κ1) is 24.3. The number of hydrogen-bond donors (Lipinski definition) is 0. The van der Waals surface area contributed by atoms with Crippen LogP contribution in [0.4, 0.5) is 0 Å². The van der Waals surface area contributed by atoms with Gasteiger partial charge in [0, 0.05) is 31.2 Å². The Labute approximate surface area is 227 Å². The summed E-state index contributed by atoms with van der Waals surface area (Å²) in [4.78, 5) is 14.3. The van der Waals surface area contributed by atoms with Gasteiger partial charge in [-0.05, 0) is 70.8 Å². The van der Waals surface area contributed by atoms with Crippen molar-refractivity contribution in [3.05, 3.63) is 128 Å². The van der Waals surface area contributed by atoms with Crippen molar-refractivity contribution in [3.8, 4) is 11.5 Å². The second-order valence-corrected chi connectivity index (χ2v) is 10.1. The van der Waals surface area contributed by atoms with Gasteiger partial charge in [0.25, 0.3) is 0 Å². The second kappa shape index (κ2) is 10.3. The smallest absolute Gasteiger partial charge is 0.195 e. The van der Waals surface area contributed by atoms with Gasteiger partial charge >= 0.3 is 0 Å². The van der Waals surface area contributed by atoms with Crippen LogP contribution in [0.3, 0.4) is 0 Å². The molecule has 4 aromatic rings. The van der Waals surface area contributed by atoms with Gasteiger partial charge in [-0.2, -0.15) is 0 Å². The average Bonchev–Trinajstić information content (AvgIpc) is 3.22. The van der Waals surface area contributed by atoms with Crippen molar-refractivity contribution < 1.29 is 14.3 Å². The normalized spacial score (nSPS) is 13.4. The van der Waals surface area contributed by atoms with E-state index < -0.39 is 0 Å². The van der Waals surface area contributed by atoms with Crippen molar-refractivity contribution >= 4 is 59.9 Å². The Kier molecular flexibility index (Phi) is 6.95. The summed E-state index contributed by atoms with van der Waals surface area (Å²) in [7, 11) is 3.30. The lowest BCUT2D eigenvalue weighted by Gasteiger charge is -2.14. The molecule has 0 atom stereocenters. The molecule has 0 spiro atoms. The molecule has 1 aliphatic rings. The van der Waals surface area contributed by atoms with Crippen LogP contribution in [0, 0.1) is 0 Å². The molecule has 36 heavy (non-hydrogen) atoms. The highest BCUT2D eigenvalue weighted by atomic mass is 79.9. The third-order valence-corrected chi connectivity index (χ3v) is 7.28. The third-order valence-electron chi connectivity index (χ3n) is 6.23. The van der Waals surface area contributed by atoms with Gasteiger partial charge in [0.2, 0.25) is 0 Å². The van der Waals surface area contributed by atoms with E-state index in [0.717, 1.165) is 53.8 Å². The molecule has 0 unspecified atom stereocenters. The number of halogens is 2. The molecule has 0 saturated carbocycles. The summed E-state index contributed by atoms with van der Waals surface area (Å²) in [5, 5.41) is 0. The van der Waals surface area contributed by atoms with E-state index >= 15 is 0 Å². The average molecular weight is 602 g/mol. The van der Waals surface area contributed by atoms with E-state index in [1.54, 1.807) is 14.2 Å². The van der Waals surface area contributed by atoms with Gasteiger partial charge in [0.1, 0.15) is 11.5 Å². The molecule has 0 aromatic heterocycles. The maximum Gasteiger partial charge on any atom is 0.195 e. The summed E-state index contributed by atoms with van der Waals surface area (Å²) in [5.74, 6) is 1.52. The van der Waals surface area contributed by atoms with E-state index in [1.807, 2.05) is 97.1 Å². The number of benzene rings is 4. The van der Waals surface area contributed by atoms with Crippen LogP contribution in [0.1, 0.15) is 22.3 Å². The molecule has 0 aliphatic heterocycles. The quantitative estimate of drug-likeness (QED) is 0.223. The first-order chi connectivity index (χ1) is 17.5. The number of ether oxygens (including phenoxy) is 2. The lowest BCUT2D eigenvalue weighted by molar-refractivity contribution is -0.108. The Morgan fingerprint density at radius 3 is 1.03 bits per heavy atom. The van der Waals surface area contributed by atoms with Gasteiger partial charge in [-0.25, -0.2) is 0 Å². The Bertz CT molecular complexity index is 1360. The SMILES string of the molecule is COc1ccc(C2=C(c3ccc(Br)cc3)C(=O)C(c3ccc(Br)cc3)=C2c2ccc(OC)cc2)cc1. The highest BCUT2D eigenvalue weighted by Crippen LogP contribution is 2.50. The molecule has 0 N–H and O–H groups in total. The summed E-state index contributed by atoms with van der Waals surface area (Å²) in [6.45, 7) is 0. The van der Waals surface area contributed by atoms with Crippen molar-refractivity contribution in [1.29, 1.82) is 0 Å². The highest BCUT2D eigenvalue weighted by molar-refractivity contribution is 9.10. The molecule has 178 valence electrons. The molecular weight excluding hydrogens is 580 g/mol. The predicted molar refractivity (Wildman–Crippen MR) is 153 cm³/mol. The first-order valence-electron chi connectivity index (χ1n) is 11.3. The molecule has 5 rings (SSSR count). The molecule has 0 saturated heterocycles. The van der Waals surface area contributed by atoms with Gasteiger partial charge in [-0.15, -0.1) is 0 Å². The number of rotatable bonds is 6. The van der Waals surface area contributed by atoms with Crippen LogP contribution in [0.5, 0.6) is 11.5 Å². The molecule has 5 heteroatoms. The van der Waals surface area contributed by atoms with Gasteiger partial charge in [0.05, 0.1) is 14.2 Å². The first-order valence-corrected chi connectivity index (χ1v) is 12.9. The molecule has 4 aromatic carbocycles. The minimum atomic E-state index is -0.00344. The fraction of sp³-hybridized carbons (Fsp3) is 0.0645. The fourth-order valence-corrected chi connectivity index (χ4v) is 5.01. The van der Waals surface area contributed by atoms with Crippen molar-refractivity contribution in [2.45, 2.75) is 0 Å². The molecule has 0 amide bonds. The van der Waals surface area contributed by atoms with Crippen LogP contribution in [0.25, 0.3) is 22.3 Å². The molecule has 1 aliphatic carbocycles. The second-order valence-electron chi connectivity index (χ2n) is 8.30. The van der Waals surface area contributed by atoms with Crippen LogP contribution >= 0.6 is 31.9 Å². The standard InChI is InChI=1S/C31H22Br2O3/c1-35-25-15-7-19(8-16-25)27-28(20-9-17-26(36-2)18-10-20)30(22-5-13-24(33)14-6-22)31(34)29(27)21-3-11-23(32)12-4-21/h3-18H,1-2H3. The van der Waals surface area contributed by atoms with Gasteiger partial charge in [-0.1, -0.05) is 80.4 Å². The van der Waals surface area contributed by atoms with E-state index in [1.165, 1.54) is 0 Å². The largest absolute Gasteiger partial charge is 0.497 e. The van der Waals surface area contributed by atoms with Crippen molar-refractivity contribution in [1.82, 2.24) is 0 Å². The zero-order chi connectivity index (χ0) is 25.2.